The number of hydrogen-bond donors (Lipinski definition) is 1. The highest BCUT2D eigenvalue weighted by molar-refractivity contribution is 4.89. The quantitative estimate of drug-likeness (QED) is 0.611. The minimum absolute atomic E-state index is 0.641. The van der Waals surface area contributed by atoms with Crippen LogP contribution in [0, 0.1) is 11.3 Å². The van der Waals surface area contributed by atoms with E-state index in [0.29, 0.717) is 5.41 Å². The van der Waals surface area contributed by atoms with Crippen LogP contribution in [-0.4, -0.2) is 26.8 Å². The maximum Gasteiger partial charge on any atom is 0.0462 e. The molecule has 0 amide bonds. The molecule has 0 atom stereocenters. The molecule has 1 saturated carbocycles. The molecule has 0 radical (unpaired) electrons. The van der Waals surface area contributed by atoms with E-state index >= 15 is 0 Å². The van der Waals surface area contributed by atoms with Crippen molar-refractivity contribution in [3.8, 4) is 0 Å². The lowest BCUT2D eigenvalue weighted by Crippen LogP contribution is -2.41. The zero-order valence-electron chi connectivity index (χ0n) is 11.3. The molecule has 0 aliphatic heterocycles. The molecule has 0 heterocycles. The van der Waals surface area contributed by atoms with Gasteiger partial charge in [-0.2, -0.15) is 0 Å². The fraction of sp³-hybridized carbons (Fsp3) is 1.00. The first kappa shape index (κ1) is 14.0. The molecule has 1 N–H and O–H groups in total. The summed E-state index contributed by atoms with van der Waals surface area (Å²) >= 11 is 0. The van der Waals surface area contributed by atoms with Gasteiger partial charge in [0.15, 0.2) is 0 Å². The topological polar surface area (TPSA) is 21.3 Å². The molecule has 2 heteroatoms. The van der Waals surface area contributed by atoms with Crippen molar-refractivity contribution >= 4 is 0 Å². The lowest BCUT2D eigenvalue weighted by molar-refractivity contribution is 0.105. The molecule has 1 fully saturated rings. The maximum absolute atomic E-state index is 5.11. The van der Waals surface area contributed by atoms with Gasteiger partial charge in [0, 0.05) is 20.3 Å². The molecule has 0 unspecified atom stereocenters. The fourth-order valence-corrected chi connectivity index (χ4v) is 2.56. The maximum atomic E-state index is 5.11. The van der Waals surface area contributed by atoms with Crippen molar-refractivity contribution in [1.82, 2.24) is 5.32 Å². The molecule has 1 aliphatic carbocycles. The van der Waals surface area contributed by atoms with Crippen molar-refractivity contribution in [2.75, 3.05) is 26.8 Å². The predicted octanol–water partition coefficient (Wildman–Crippen LogP) is 3.22. The number of ether oxygens (including phenoxy) is 1. The van der Waals surface area contributed by atoms with Gasteiger partial charge in [0.25, 0.3) is 0 Å². The van der Waals surface area contributed by atoms with Crippen LogP contribution in [0.5, 0.6) is 0 Å². The second kappa shape index (κ2) is 7.29. The van der Waals surface area contributed by atoms with Gasteiger partial charge in [-0.1, -0.05) is 26.7 Å². The fourth-order valence-electron chi connectivity index (χ4n) is 2.56. The van der Waals surface area contributed by atoms with Crippen molar-refractivity contribution in [2.45, 2.75) is 52.4 Å². The molecule has 0 aromatic rings. The molecule has 1 rings (SSSR count). The molecule has 96 valence electrons. The summed E-state index contributed by atoms with van der Waals surface area (Å²) in [5, 5.41) is 3.64. The van der Waals surface area contributed by atoms with E-state index in [-0.39, 0.29) is 0 Å². The van der Waals surface area contributed by atoms with E-state index in [4.69, 9.17) is 4.74 Å². The zero-order valence-corrected chi connectivity index (χ0v) is 11.3. The average molecular weight is 227 g/mol. The molecule has 0 saturated heterocycles. The molecular formula is C14H29NO. The van der Waals surface area contributed by atoms with Crippen molar-refractivity contribution < 1.29 is 4.74 Å². The highest BCUT2D eigenvalue weighted by Crippen LogP contribution is 2.44. The number of hydrogen-bond acceptors (Lipinski definition) is 2. The van der Waals surface area contributed by atoms with E-state index in [0.717, 1.165) is 12.5 Å². The standard InChI is InChI=1S/C14H29NO/c1-13(2)11-15-12-14(8-6-9-14)7-4-5-10-16-3/h13,15H,4-12H2,1-3H3. The molecule has 1 aliphatic rings. The summed E-state index contributed by atoms with van der Waals surface area (Å²) in [6.45, 7) is 7.88. The molecule has 2 nitrogen and oxygen atoms in total. The summed E-state index contributed by atoms with van der Waals surface area (Å²) in [6, 6.07) is 0. The first-order valence-electron chi connectivity index (χ1n) is 6.88. The minimum Gasteiger partial charge on any atom is -0.385 e. The van der Waals surface area contributed by atoms with Crippen LogP contribution in [0.25, 0.3) is 0 Å². The number of methoxy groups -OCH3 is 1. The Kier molecular flexibility index (Phi) is 6.37. The Hall–Kier alpha value is -0.0800. The molecular weight excluding hydrogens is 198 g/mol. The Balaban J connectivity index is 2.12. The Morgan fingerprint density at radius 3 is 2.50 bits per heavy atom. The third-order valence-corrected chi connectivity index (χ3v) is 3.77. The first-order chi connectivity index (χ1) is 7.68. The van der Waals surface area contributed by atoms with Gasteiger partial charge in [0.1, 0.15) is 0 Å². The van der Waals surface area contributed by atoms with E-state index in [1.54, 1.807) is 7.11 Å². The molecule has 0 spiro atoms. The van der Waals surface area contributed by atoms with Crippen molar-refractivity contribution in [3.05, 3.63) is 0 Å². The zero-order chi connectivity index (χ0) is 11.9. The van der Waals surface area contributed by atoms with Crippen LogP contribution in [-0.2, 0) is 4.74 Å². The van der Waals surface area contributed by atoms with Crippen LogP contribution in [0.3, 0.4) is 0 Å². The van der Waals surface area contributed by atoms with Gasteiger partial charge in [-0.25, -0.2) is 0 Å². The van der Waals surface area contributed by atoms with E-state index in [9.17, 15) is 0 Å². The van der Waals surface area contributed by atoms with Gasteiger partial charge in [-0.05, 0) is 43.6 Å². The third kappa shape index (κ3) is 4.84. The smallest absolute Gasteiger partial charge is 0.0462 e. The Morgan fingerprint density at radius 1 is 1.25 bits per heavy atom. The lowest BCUT2D eigenvalue weighted by Gasteiger charge is -2.42. The summed E-state index contributed by atoms with van der Waals surface area (Å²) in [7, 11) is 1.79. The summed E-state index contributed by atoms with van der Waals surface area (Å²) in [5.74, 6) is 0.769. The SMILES string of the molecule is COCCCCC1(CNCC(C)C)CCC1. The van der Waals surface area contributed by atoms with E-state index in [1.807, 2.05) is 0 Å². The second-order valence-electron chi connectivity index (χ2n) is 5.83. The Bertz CT molecular complexity index is 176. The summed E-state index contributed by atoms with van der Waals surface area (Å²) in [6.07, 6.45) is 8.25. The van der Waals surface area contributed by atoms with Crippen molar-refractivity contribution in [3.63, 3.8) is 0 Å². The normalized spacial score (nSPS) is 18.8. The van der Waals surface area contributed by atoms with Gasteiger partial charge < -0.3 is 10.1 Å². The monoisotopic (exact) mass is 227 g/mol. The van der Waals surface area contributed by atoms with E-state index < -0.39 is 0 Å². The predicted molar refractivity (Wildman–Crippen MR) is 69.7 cm³/mol. The molecule has 0 bridgehead atoms. The van der Waals surface area contributed by atoms with Gasteiger partial charge >= 0.3 is 0 Å². The van der Waals surface area contributed by atoms with Gasteiger partial charge in [-0.3, -0.25) is 0 Å². The van der Waals surface area contributed by atoms with Crippen LogP contribution in [0.1, 0.15) is 52.4 Å². The number of rotatable bonds is 9. The van der Waals surface area contributed by atoms with E-state index in [1.165, 1.54) is 51.6 Å². The largest absolute Gasteiger partial charge is 0.385 e. The van der Waals surface area contributed by atoms with Crippen LogP contribution >= 0.6 is 0 Å². The van der Waals surface area contributed by atoms with Gasteiger partial charge in [-0.15, -0.1) is 0 Å². The van der Waals surface area contributed by atoms with Crippen LogP contribution in [0.2, 0.25) is 0 Å². The summed E-state index contributed by atoms with van der Waals surface area (Å²) < 4.78 is 5.11. The van der Waals surface area contributed by atoms with Gasteiger partial charge in [0.05, 0.1) is 0 Å². The summed E-state index contributed by atoms with van der Waals surface area (Å²) in [4.78, 5) is 0. The van der Waals surface area contributed by atoms with E-state index in [2.05, 4.69) is 19.2 Å². The van der Waals surface area contributed by atoms with Crippen LogP contribution in [0.4, 0.5) is 0 Å². The van der Waals surface area contributed by atoms with Gasteiger partial charge in [0.2, 0.25) is 0 Å². The van der Waals surface area contributed by atoms with Crippen molar-refractivity contribution in [2.24, 2.45) is 11.3 Å². The molecule has 16 heavy (non-hydrogen) atoms. The molecule has 0 aromatic heterocycles. The Morgan fingerprint density at radius 2 is 2.00 bits per heavy atom. The minimum atomic E-state index is 0.641. The second-order valence-corrected chi connectivity index (χ2v) is 5.83. The summed E-state index contributed by atoms with van der Waals surface area (Å²) in [5.41, 5.74) is 0.641. The number of nitrogens with one attached hydrogen (secondary N) is 1. The third-order valence-electron chi connectivity index (χ3n) is 3.77. The highest BCUT2D eigenvalue weighted by atomic mass is 16.5. The lowest BCUT2D eigenvalue weighted by atomic mass is 9.66. The average Bonchev–Trinajstić information content (AvgIpc) is 2.19. The van der Waals surface area contributed by atoms with Crippen molar-refractivity contribution in [1.29, 1.82) is 0 Å². The number of unbranched alkanes of at least 4 members (excludes halogenated alkanes) is 1. The van der Waals surface area contributed by atoms with Crippen LogP contribution < -0.4 is 5.32 Å². The highest BCUT2D eigenvalue weighted by Gasteiger charge is 2.35. The molecule has 0 aromatic carbocycles. The Labute approximate surface area is 101 Å². The van der Waals surface area contributed by atoms with Crippen LogP contribution in [0.15, 0.2) is 0 Å². The first-order valence-corrected chi connectivity index (χ1v) is 6.88.